The standard InChI is InChI=1S/C15H14Cl2O2S/c16-11-3-1-4-13(9-11)20-8-2-7-19-12-5-6-15(18)14(17)10-12/h1,3-6,9-10,18H,2,7-8H2. The van der Waals surface area contributed by atoms with E-state index < -0.39 is 0 Å². The third-order valence-corrected chi connectivity index (χ3v) is 4.16. The molecular weight excluding hydrogens is 315 g/mol. The van der Waals surface area contributed by atoms with Crippen molar-refractivity contribution in [2.24, 2.45) is 0 Å². The maximum absolute atomic E-state index is 9.30. The van der Waals surface area contributed by atoms with Crippen LogP contribution < -0.4 is 4.74 Å². The Labute approximate surface area is 132 Å². The van der Waals surface area contributed by atoms with Gasteiger partial charge in [0.2, 0.25) is 0 Å². The van der Waals surface area contributed by atoms with E-state index >= 15 is 0 Å². The molecule has 0 aliphatic carbocycles. The molecule has 0 aliphatic heterocycles. The van der Waals surface area contributed by atoms with Crippen LogP contribution in [0.2, 0.25) is 10.0 Å². The lowest BCUT2D eigenvalue weighted by Crippen LogP contribution is -1.98. The number of phenols is 1. The molecular formula is C15H14Cl2O2S. The Hall–Kier alpha value is -1.03. The van der Waals surface area contributed by atoms with E-state index in [1.165, 1.54) is 6.07 Å². The van der Waals surface area contributed by atoms with Gasteiger partial charge < -0.3 is 9.84 Å². The number of halogens is 2. The predicted octanol–water partition coefficient (Wildman–Crippen LogP) is 5.26. The Morgan fingerprint density at radius 2 is 1.95 bits per heavy atom. The Kier molecular flexibility index (Phi) is 5.89. The van der Waals surface area contributed by atoms with Crippen LogP contribution in [0.3, 0.4) is 0 Å². The van der Waals surface area contributed by atoms with Crippen molar-refractivity contribution in [1.29, 1.82) is 0 Å². The average Bonchev–Trinajstić information content (AvgIpc) is 2.42. The van der Waals surface area contributed by atoms with Gasteiger partial charge in [-0.3, -0.25) is 0 Å². The number of rotatable bonds is 6. The minimum Gasteiger partial charge on any atom is -0.506 e. The Balaban J connectivity index is 1.70. The van der Waals surface area contributed by atoms with Crippen LogP contribution in [0.1, 0.15) is 6.42 Å². The highest BCUT2D eigenvalue weighted by atomic mass is 35.5. The van der Waals surface area contributed by atoms with E-state index in [9.17, 15) is 5.11 Å². The lowest BCUT2D eigenvalue weighted by molar-refractivity contribution is 0.318. The lowest BCUT2D eigenvalue weighted by Gasteiger charge is -2.07. The van der Waals surface area contributed by atoms with E-state index in [4.69, 9.17) is 27.9 Å². The van der Waals surface area contributed by atoms with E-state index in [0.717, 1.165) is 22.1 Å². The summed E-state index contributed by atoms with van der Waals surface area (Å²) in [6.07, 6.45) is 0.912. The van der Waals surface area contributed by atoms with Gasteiger partial charge in [0.1, 0.15) is 11.5 Å². The van der Waals surface area contributed by atoms with Crippen molar-refractivity contribution in [3.8, 4) is 11.5 Å². The molecule has 0 amide bonds. The van der Waals surface area contributed by atoms with Crippen LogP contribution in [-0.2, 0) is 0 Å². The van der Waals surface area contributed by atoms with Gasteiger partial charge >= 0.3 is 0 Å². The maximum Gasteiger partial charge on any atom is 0.134 e. The predicted molar refractivity (Wildman–Crippen MR) is 85.4 cm³/mol. The van der Waals surface area contributed by atoms with Crippen LogP contribution >= 0.6 is 35.0 Å². The van der Waals surface area contributed by atoms with Crippen molar-refractivity contribution in [2.75, 3.05) is 12.4 Å². The summed E-state index contributed by atoms with van der Waals surface area (Å²) in [4.78, 5) is 1.16. The quantitative estimate of drug-likeness (QED) is 0.579. The van der Waals surface area contributed by atoms with Gasteiger partial charge in [-0.2, -0.15) is 0 Å². The third-order valence-electron chi connectivity index (χ3n) is 2.54. The highest BCUT2D eigenvalue weighted by Crippen LogP contribution is 2.27. The minimum atomic E-state index is 0.0653. The largest absolute Gasteiger partial charge is 0.506 e. The molecule has 0 spiro atoms. The number of benzene rings is 2. The lowest BCUT2D eigenvalue weighted by atomic mass is 10.3. The molecule has 106 valence electrons. The van der Waals surface area contributed by atoms with Gasteiger partial charge in [0.25, 0.3) is 0 Å². The molecule has 0 unspecified atom stereocenters. The summed E-state index contributed by atoms with van der Waals surface area (Å²) in [6, 6.07) is 12.6. The number of aromatic hydroxyl groups is 1. The maximum atomic E-state index is 9.30. The summed E-state index contributed by atoms with van der Waals surface area (Å²) < 4.78 is 5.57. The number of hydrogen-bond donors (Lipinski definition) is 1. The fraction of sp³-hybridized carbons (Fsp3) is 0.200. The van der Waals surface area contributed by atoms with Gasteiger partial charge in [-0.25, -0.2) is 0 Å². The summed E-state index contributed by atoms with van der Waals surface area (Å²) in [7, 11) is 0. The van der Waals surface area contributed by atoms with Crippen LogP contribution in [0.15, 0.2) is 47.4 Å². The molecule has 0 radical (unpaired) electrons. The minimum absolute atomic E-state index is 0.0653. The zero-order valence-corrected chi connectivity index (χ0v) is 13.0. The SMILES string of the molecule is Oc1ccc(OCCCSc2cccc(Cl)c2)cc1Cl. The topological polar surface area (TPSA) is 29.5 Å². The van der Waals surface area contributed by atoms with Crippen LogP contribution in [0.5, 0.6) is 11.5 Å². The van der Waals surface area contributed by atoms with Crippen molar-refractivity contribution < 1.29 is 9.84 Å². The first-order valence-electron chi connectivity index (χ1n) is 6.15. The summed E-state index contributed by atoms with van der Waals surface area (Å²) in [5.41, 5.74) is 0. The molecule has 0 bridgehead atoms. The first kappa shape index (κ1) is 15.4. The van der Waals surface area contributed by atoms with Gasteiger partial charge in [-0.15, -0.1) is 11.8 Å². The van der Waals surface area contributed by atoms with Crippen LogP contribution in [0.4, 0.5) is 0 Å². The second kappa shape index (κ2) is 7.67. The normalized spacial score (nSPS) is 10.5. The fourth-order valence-corrected chi connectivity index (χ4v) is 2.88. The smallest absolute Gasteiger partial charge is 0.134 e. The van der Waals surface area contributed by atoms with Gasteiger partial charge in [0, 0.05) is 21.7 Å². The van der Waals surface area contributed by atoms with E-state index in [2.05, 4.69) is 0 Å². The zero-order valence-electron chi connectivity index (χ0n) is 10.7. The van der Waals surface area contributed by atoms with Gasteiger partial charge in [0.05, 0.1) is 11.6 Å². The van der Waals surface area contributed by atoms with Gasteiger partial charge in [-0.1, -0.05) is 29.3 Å². The van der Waals surface area contributed by atoms with Gasteiger partial charge in [0.15, 0.2) is 0 Å². The molecule has 20 heavy (non-hydrogen) atoms. The van der Waals surface area contributed by atoms with Crippen molar-refractivity contribution in [3.63, 3.8) is 0 Å². The van der Waals surface area contributed by atoms with Crippen LogP contribution in [0, 0.1) is 0 Å². The molecule has 2 aromatic rings. The molecule has 5 heteroatoms. The summed E-state index contributed by atoms with van der Waals surface area (Å²) >= 11 is 13.5. The van der Waals surface area contributed by atoms with Crippen LogP contribution in [-0.4, -0.2) is 17.5 Å². The molecule has 2 rings (SSSR count). The molecule has 0 heterocycles. The van der Waals surface area contributed by atoms with Crippen molar-refractivity contribution >= 4 is 35.0 Å². The Morgan fingerprint density at radius 3 is 2.70 bits per heavy atom. The van der Waals surface area contributed by atoms with Gasteiger partial charge in [-0.05, 0) is 36.8 Å². The van der Waals surface area contributed by atoms with E-state index in [1.807, 2.05) is 24.3 Å². The molecule has 2 nitrogen and oxygen atoms in total. The van der Waals surface area contributed by atoms with E-state index in [-0.39, 0.29) is 5.75 Å². The van der Waals surface area contributed by atoms with E-state index in [1.54, 1.807) is 23.9 Å². The second-order valence-corrected chi connectivity index (χ2v) is 6.13. The number of phenolic OH excluding ortho intramolecular Hbond substituents is 1. The molecule has 0 fully saturated rings. The van der Waals surface area contributed by atoms with Crippen LogP contribution in [0.25, 0.3) is 0 Å². The summed E-state index contributed by atoms with van der Waals surface area (Å²) in [5, 5.41) is 10.4. The van der Waals surface area contributed by atoms with E-state index in [0.29, 0.717) is 17.4 Å². The molecule has 0 atom stereocenters. The molecule has 0 aliphatic rings. The Bertz CT molecular complexity index is 576. The highest BCUT2D eigenvalue weighted by molar-refractivity contribution is 7.99. The molecule has 0 saturated carbocycles. The fourth-order valence-electron chi connectivity index (χ4n) is 1.57. The van der Waals surface area contributed by atoms with Crippen molar-refractivity contribution in [1.82, 2.24) is 0 Å². The molecule has 0 saturated heterocycles. The number of thioether (sulfide) groups is 1. The van der Waals surface area contributed by atoms with Crippen molar-refractivity contribution in [2.45, 2.75) is 11.3 Å². The number of ether oxygens (including phenoxy) is 1. The second-order valence-electron chi connectivity index (χ2n) is 4.12. The first-order chi connectivity index (χ1) is 9.65. The Morgan fingerprint density at radius 1 is 1.10 bits per heavy atom. The molecule has 1 N–H and O–H groups in total. The molecule has 2 aromatic carbocycles. The third kappa shape index (κ3) is 4.82. The average molecular weight is 329 g/mol. The highest BCUT2D eigenvalue weighted by Gasteiger charge is 2.01. The van der Waals surface area contributed by atoms with Crippen molar-refractivity contribution in [3.05, 3.63) is 52.5 Å². The summed E-state index contributed by atoms with van der Waals surface area (Å²) in [6.45, 7) is 0.606. The first-order valence-corrected chi connectivity index (χ1v) is 7.89. The zero-order chi connectivity index (χ0) is 14.4. The molecule has 0 aromatic heterocycles. The summed E-state index contributed by atoms with van der Waals surface area (Å²) in [5.74, 6) is 1.68. The monoisotopic (exact) mass is 328 g/mol. The number of hydrogen-bond acceptors (Lipinski definition) is 3.